The fraction of sp³-hybridized carbons (Fsp3) is 0.929. The van der Waals surface area contributed by atoms with Crippen molar-refractivity contribution in [1.29, 1.82) is 0 Å². The molecule has 4 heteroatoms. The van der Waals surface area contributed by atoms with Crippen LogP contribution >= 0.6 is 0 Å². The molecular formula is C14H26N2O2. The Morgan fingerprint density at radius 1 is 1.28 bits per heavy atom. The molecule has 2 rings (SSSR count). The molecule has 2 saturated heterocycles. The highest BCUT2D eigenvalue weighted by molar-refractivity contribution is 5.81. The lowest BCUT2D eigenvalue weighted by molar-refractivity contribution is -0.133. The molecule has 4 nitrogen and oxygen atoms in total. The Morgan fingerprint density at radius 3 is 2.50 bits per heavy atom. The fourth-order valence-electron chi connectivity index (χ4n) is 2.93. The zero-order valence-electron chi connectivity index (χ0n) is 11.7. The maximum atomic E-state index is 12.4. The lowest BCUT2D eigenvalue weighted by Gasteiger charge is -2.31. The van der Waals surface area contributed by atoms with Gasteiger partial charge in [0.1, 0.15) is 0 Å². The van der Waals surface area contributed by atoms with Crippen LogP contribution in [0.4, 0.5) is 0 Å². The first-order valence-corrected chi connectivity index (χ1v) is 7.25. The fourth-order valence-corrected chi connectivity index (χ4v) is 2.93. The number of likely N-dealkylation sites (tertiary alicyclic amines) is 1. The first-order valence-electron chi connectivity index (χ1n) is 7.25. The van der Waals surface area contributed by atoms with Crippen LogP contribution in [0.25, 0.3) is 0 Å². The molecule has 0 aromatic heterocycles. The van der Waals surface area contributed by atoms with E-state index in [-0.39, 0.29) is 17.5 Å². The first kappa shape index (κ1) is 13.8. The Bertz CT molecular complexity index is 280. The van der Waals surface area contributed by atoms with Gasteiger partial charge in [0.05, 0.1) is 12.6 Å². The molecule has 2 heterocycles. The highest BCUT2D eigenvalue weighted by atomic mass is 16.5. The van der Waals surface area contributed by atoms with Crippen molar-refractivity contribution in [3.05, 3.63) is 0 Å². The summed E-state index contributed by atoms with van der Waals surface area (Å²) in [5.74, 6) is 0.255. The summed E-state index contributed by atoms with van der Waals surface area (Å²) >= 11 is 0. The molecule has 2 aliphatic rings. The van der Waals surface area contributed by atoms with Crippen molar-refractivity contribution >= 4 is 5.91 Å². The van der Waals surface area contributed by atoms with Crippen LogP contribution in [0.2, 0.25) is 0 Å². The Balaban J connectivity index is 1.87. The second kappa shape index (κ2) is 6.02. The maximum absolute atomic E-state index is 12.4. The molecule has 0 radical (unpaired) electrons. The molecule has 1 N–H and O–H groups in total. The third-order valence-electron chi connectivity index (χ3n) is 4.07. The number of hydrogen-bond donors (Lipinski definition) is 1. The number of nitrogens with one attached hydrogen (secondary N) is 1. The van der Waals surface area contributed by atoms with Gasteiger partial charge < -0.3 is 9.64 Å². The Hall–Kier alpha value is -0.610. The zero-order chi connectivity index (χ0) is 13.0. The smallest absolute Gasteiger partial charge is 0.239 e. The van der Waals surface area contributed by atoms with E-state index in [0.717, 1.165) is 39.0 Å². The van der Waals surface area contributed by atoms with Crippen molar-refractivity contribution in [2.75, 3.05) is 26.3 Å². The van der Waals surface area contributed by atoms with Crippen LogP contribution < -0.4 is 5.32 Å². The van der Waals surface area contributed by atoms with Gasteiger partial charge in [-0.2, -0.15) is 0 Å². The Morgan fingerprint density at radius 2 is 1.94 bits per heavy atom. The Labute approximate surface area is 110 Å². The van der Waals surface area contributed by atoms with Crippen LogP contribution in [0.1, 0.15) is 46.0 Å². The molecule has 2 fully saturated rings. The standard InChI is InChI=1S/C14H26N2O2/c1-12(15-14(2)7-10-18-11-14)13(17)16-8-5-3-4-6-9-16/h12,15H,3-11H2,1-2H3. The third-order valence-corrected chi connectivity index (χ3v) is 4.07. The number of carbonyl (C=O) groups excluding carboxylic acids is 1. The SMILES string of the molecule is CC(NC1(C)CCOC1)C(=O)N1CCCCCC1. The maximum Gasteiger partial charge on any atom is 0.239 e. The molecule has 2 atom stereocenters. The summed E-state index contributed by atoms with van der Waals surface area (Å²) in [5, 5.41) is 3.46. The van der Waals surface area contributed by atoms with Gasteiger partial charge in [-0.1, -0.05) is 12.8 Å². The van der Waals surface area contributed by atoms with Gasteiger partial charge in [0.2, 0.25) is 5.91 Å². The predicted molar refractivity (Wildman–Crippen MR) is 71.5 cm³/mol. The average Bonchev–Trinajstić information content (AvgIpc) is 2.63. The number of carbonyl (C=O) groups is 1. The summed E-state index contributed by atoms with van der Waals surface area (Å²) in [6.07, 6.45) is 5.82. The molecule has 0 aliphatic carbocycles. The van der Waals surface area contributed by atoms with E-state index in [0.29, 0.717) is 6.61 Å². The lowest BCUT2D eigenvalue weighted by Crippen LogP contribution is -2.54. The minimum Gasteiger partial charge on any atom is -0.379 e. The molecule has 0 bridgehead atoms. The van der Waals surface area contributed by atoms with Gasteiger partial charge in [-0.15, -0.1) is 0 Å². The molecular weight excluding hydrogens is 228 g/mol. The monoisotopic (exact) mass is 254 g/mol. The second-order valence-corrected chi connectivity index (χ2v) is 5.97. The van der Waals surface area contributed by atoms with Gasteiger partial charge in [0.15, 0.2) is 0 Å². The van der Waals surface area contributed by atoms with Crippen molar-refractivity contribution in [1.82, 2.24) is 10.2 Å². The van der Waals surface area contributed by atoms with E-state index in [4.69, 9.17) is 4.74 Å². The summed E-state index contributed by atoms with van der Waals surface area (Å²) in [5.41, 5.74) is -0.0269. The van der Waals surface area contributed by atoms with E-state index >= 15 is 0 Å². The van der Waals surface area contributed by atoms with Crippen LogP contribution in [0, 0.1) is 0 Å². The van der Waals surface area contributed by atoms with Crippen LogP contribution in [0.5, 0.6) is 0 Å². The van der Waals surface area contributed by atoms with E-state index in [1.54, 1.807) is 0 Å². The van der Waals surface area contributed by atoms with Crippen molar-refractivity contribution in [3.63, 3.8) is 0 Å². The molecule has 0 aromatic rings. The summed E-state index contributed by atoms with van der Waals surface area (Å²) in [6, 6.07) is -0.102. The summed E-state index contributed by atoms with van der Waals surface area (Å²) < 4.78 is 5.42. The normalized spacial score (nSPS) is 31.1. The molecule has 104 valence electrons. The van der Waals surface area contributed by atoms with Gasteiger partial charge in [0.25, 0.3) is 0 Å². The van der Waals surface area contributed by atoms with Crippen LogP contribution in [-0.4, -0.2) is 48.7 Å². The molecule has 0 saturated carbocycles. The lowest BCUT2D eigenvalue weighted by atomic mass is 10.0. The van der Waals surface area contributed by atoms with E-state index in [9.17, 15) is 4.79 Å². The summed E-state index contributed by atoms with van der Waals surface area (Å²) in [7, 11) is 0. The minimum atomic E-state index is -0.102. The van der Waals surface area contributed by atoms with Crippen molar-refractivity contribution < 1.29 is 9.53 Å². The van der Waals surface area contributed by atoms with E-state index in [2.05, 4.69) is 12.2 Å². The van der Waals surface area contributed by atoms with Gasteiger partial charge in [-0.25, -0.2) is 0 Å². The third kappa shape index (κ3) is 3.45. The molecule has 2 unspecified atom stereocenters. The average molecular weight is 254 g/mol. The summed E-state index contributed by atoms with van der Waals surface area (Å²) in [6.45, 7) is 7.50. The van der Waals surface area contributed by atoms with Gasteiger partial charge in [-0.3, -0.25) is 10.1 Å². The van der Waals surface area contributed by atoms with Crippen molar-refractivity contribution in [3.8, 4) is 0 Å². The van der Waals surface area contributed by atoms with Gasteiger partial charge in [-0.05, 0) is 33.1 Å². The zero-order valence-corrected chi connectivity index (χ0v) is 11.7. The van der Waals surface area contributed by atoms with Gasteiger partial charge in [0, 0.05) is 25.2 Å². The minimum absolute atomic E-state index is 0.0269. The van der Waals surface area contributed by atoms with Crippen LogP contribution in [0.15, 0.2) is 0 Å². The highest BCUT2D eigenvalue weighted by Gasteiger charge is 2.33. The predicted octanol–water partition coefficient (Wildman–Crippen LogP) is 1.55. The van der Waals surface area contributed by atoms with Crippen LogP contribution in [0.3, 0.4) is 0 Å². The van der Waals surface area contributed by atoms with Crippen LogP contribution in [-0.2, 0) is 9.53 Å². The molecule has 1 amide bonds. The first-order chi connectivity index (χ1) is 8.61. The van der Waals surface area contributed by atoms with E-state index in [1.807, 2.05) is 11.8 Å². The number of nitrogens with zero attached hydrogens (tertiary/aromatic N) is 1. The topological polar surface area (TPSA) is 41.6 Å². The molecule has 0 aromatic carbocycles. The quantitative estimate of drug-likeness (QED) is 0.831. The van der Waals surface area contributed by atoms with Crippen molar-refractivity contribution in [2.24, 2.45) is 0 Å². The largest absolute Gasteiger partial charge is 0.379 e. The number of rotatable bonds is 3. The summed E-state index contributed by atoms with van der Waals surface area (Å²) in [4.78, 5) is 14.4. The molecule has 0 spiro atoms. The number of hydrogen-bond acceptors (Lipinski definition) is 3. The van der Waals surface area contributed by atoms with Gasteiger partial charge >= 0.3 is 0 Å². The molecule has 2 aliphatic heterocycles. The highest BCUT2D eigenvalue weighted by Crippen LogP contribution is 2.19. The second-order valence-electron chi connectivity index (χ2n) is 5.97. The number of amides is 1. The van der Waals surface area contributed by atoms with E-state index in [1.165, 1.54) is 12.8 Å². The number of ether oxygens (including phenoxy) is 1. The molecule has 18 heavy (non-hydrogen) atoms. The Kier molecular flexibility index (Phi) is 4.62. The van der Waals surface area contributed by atoms with E-state index < -0.39 is 0 Å². The van der Waals surface area contributed by atoms with Crippen molar-refractivity contribution in [2.45, 2.75) is 57.5 Å².